The summed E-state index contributed by atoms with van der Waals surface area (Å²) in [7, 11) is 0. The molecule has 0 spiro atoms. The van der Waals surface area contributed by atoms with Gasteiger partial charge in [0.25, 0.3) is 0 Å². The number of likely N-dealkylation sites (tertiary alicyclic amines) is 1. The van der Waals surface area contributed by atoms with Crippen LogP contribution in [0.2, 0.25) is 0 Å². The summed E-state index contributed by atoms with van der Waals surface area (Å²) in [5, 5.41) is 8.69. The average Bonchev–Trinajstić information content (AvgIpc) is 3.31. The molecule has 1 aliphatic heterocycles. The fourth-order valence-electron chi connectivity index (χ4n) is 3.60. The van der Waals surface area contributed by atoms with Crippen LogP contribution in [0, 0.1) is 6.92 Å². The molecule has 3 aromatic rings. The number of aromatic nitrogens is 5. The topological polar surface area (TPSA) is 72.9 Å². The van der Waals surface area contributed by atoms with Crippen LogP contribution in [0.3, 0.4) is 0 Å². The van der Waals surface area contributed by atoms with E-state index in [-0.39, 0.29) is 5.92 Å². The first-order valence-corrected chi connectivity index (χ1v) is 9.33. The van der Waals surface area contributed by atoms with Crippen molar-refractivity contribution in [3.05, 3.63) is 60.5 Å². The Morgan fingerprint density at radius 3 is 3.15 bits per heavy atom. The van der Waals surface area contributed by atoms with E-state index in [0.717, 1.165) is 56.2 Å². The van der Waals surface area contributed by atoms with Gasteiger partial charge in [-0.15, -0.1) is 6.58 Å². The van der Waals surface area contributed by atoms with Crippen LogP contribution in [-0.2, 0) is 13.1 Å². The number of piperidine rings is 1. The maximum absolute atomic E-state index is 5.57. The number of nitrogens with zero attached hydrogens (tertiary/aromatic N) is 6. The summed E-state index contributed by atoms with van der Waals surface area (Å²) in [5.74, 6) is 1.59. The molecule has 1 fully saturated rings. The highest BCUT2D eigenvalue weighted by Gasteiger charge is 2.26. The summed E-state index contributed by atoms with van der Waals surface area (Å²) in [4.78, 5) is 11.2. The minimum absolute atomic E-state index is 0.264. The molecular formula is C20H24N6O. The van der Waals surface area contributed by atoms with Crippen molar-refractivity contribution in [2.75, 3.05) is 13.1 Å². The van der Waals surface area contributed by atoms with Crippen LogP contribution in [0.4, 0.5) is 0 Å². The summed E-state index contributed by atoms with van der Waals surface area (Å²) < 4.78 is 7.52. The van der Waals surface area contributed by atoms with Crippen LogP contribution < -0.4 is 0 Å². The van der Waals surface area contributed by atoms with Crippen molar-refractivity contribution in [3.63, 3.8) is 0 Å². The summed E-state index contributed by atoms with van der Waals surface area (Å²) in [5.41, 5.74) is 3.22. The normalized spacial score (nSPS) is 17.9. The van der Waals surface area contributed by atoms with Crippen molar-refractivity contribution >= 4 is 0 Å². The van der Waals surface area contributed by atoms with Crippen molar-refractivity contribution in [1.82, 2.24) is 29.8 Å². The molecule has 140 valence electrons. The van der Waals surface area contributed by atoms with Crippen molar-refractivity contribution < 1.29 is 4.52 Å². The van der Waals surface area contributed by atoms with Crippen molar-refractivity contribution in [3.8, 4) is 11.4 Å². The van der Waals surface area contributed by atoms with Crippen molar-refractivity contribution in [1.29, 1.82) is 0 Å². The Hall–Kier alpha value is -2.80. The molecule has 3 aromatic heterocycles. The Morgan fingerprint density at radius 1 is 1.41 bits per heavy atom. The molecule has 0 bridgehead atoms. The van der Waals surface area contributed by atoms with E-state index in [4.69, 9.17) is 4.52 Å². The Bertz CT molecular complexity index is 900. The first-order valence-electron chi connectivity index (χ1n) is 9.33. The van der Waals surface area contributed by atoms with Crippen LogP contribution in [-0.4, -0.2) is 42.9 Å². The largest absolute Gasteiger partial charge is 0.339 e. The number of aryl methyl sites for hydroxylation is 1. The van der Waals surface area contributed by atoms with Gasteiger partial charge in [-0.25, -0.2) is 0 Å². The number of pyridine rings is 1. The third-order valence-electron chi connectivity index (χ3n) is 4.97. The first-order chi connectivity index (χ1) is 13.2. The lowest BCUT2D eigenvalue weighted by molar-refractivity contribution is 0.180. The molecule has 7 heteroatoms. The van der Waals surface area contributed by atoms with Gasteiger partial charge in [-0.1, -0.05) is 11.2 Å². The molecule has 1 saturated heterocycles. The SMILES string of the molecule is C=CCn1cc(CN2CCC[C@H](c3nc(-c4cccnc4)no3)C2)c(C)n1. The molecule has 0 unspecified atom stereocenters. The van der Waals surface area contributed by atoms with Crippen molar-refractivity contribution in [2.24, 2.45) is 0 Å². The second-order valence-corrected chi connectivity index (χ2v) is 7.02. The molecule has 27 heavy (non-hydrogen) atoms. The van der Waals surface area contributed by atoms with E-state index in [9.17, 15) is 0 Å². The first kappa shape index (κ1) is 17.6. The van der Waals surface area contributed by atoms with E-state index in [1.165, 1.54) is 5.56 Å². The minimum atomic E-state index is 0.264. The lowest BCUT2D eigenvalue weighted by Gasteiger charge is -2.30. The van der Waals surface area contributed by atoms with Crippen LogP contribution in [0.5, 0.6) is 0 Å². The van der Waals surface area contributed by atoms with Gasteiger partial charge in [-0.2, -0.15) is 10.1 Å². The van der Waals surface area contributed by atoms with Crippen LogP contribution >= 0.6 is 0 Å². The Balaban J connectivity index is 1.44. The maximum Gasteiger partial charge on any atom is 0.231 e. The van der Waals surface area contributed by atoms with E-state index < -0.39 is 0 Å². The van der Waals surface area contributed by atoms with E-state index in [0.29, 0.717) is 5.82 Å². The van der Waals surface area contributed by atoms with E-state index in [1.54, 1.807) is 12.4 Å². The van der Waals surface area contributed by atoms with Gasteiger partial charge in [0.15, 0.2) is 0 Å². The monoisotopic (exact) mass is 364 g/mol. The molecular weight excluding hydrogens is 340 g/mol. The van der Waals surface area contributed by atoms with E-state index in [1.807, 2.05) is 22.9 Å². The molecule has 1 aliphatic rings. The quantitative estimate of drug-likeness (QED) is 0.626. The lowest BCUT2D eigenvalue weighted by Crippen LogP contribution is -2.34. The summed E-state index contributed by atoms with van der Waals surface area (Å²) in [6.07, 6.45) is 9.67. The number of allylic oxidation sites excluding steroid dienone is 1. The van der Waals surface area contributed by atoms with Gasteiger partial charge in [0.1, 0.15) is 0 Å². The van der Waals surface area contributed by atoms with Gasteiger partial charge in [-0.05, 0) is 38.4 Å². The zero-order chi connectivity index (χ0) is 18.6. The van der Waals surface area contributed by atoms with Gasteiger partial charge in [0.2, 0.25) is 11.7 Å². The molecule has 7 nitrogen and oxygen atoms in total. The number of hydrogen-bond donors (Lipinski definition) is 0. The minimum Gasteiger partial charge on any atom is -0.339 e. The zero-order valence-corrected chi connectivity index (χ0v) is 15.6. The standard InChI is InChI=1S/C20H24N6O/c1-3-9-26-14-18(15(2)23-26)13-25-10-5-7-17(12-25)20-22-19(24-27-20)16-6-4-8-21-11-16/h3-4,6,8,11,14,17H,1,5,7,9-10,12-13H2,2H3/t17-/m0/s1. The second kappa shape index (κ2) is 7.84. The van der Waals surface area contributed by atoms with Crippen LogP contribution in [0.15, 0.2) is 47.9 Å². The van der Waals surface area contributed by atoms with Gasteiger partial charge in [-0.3, -0.25) is 14.6 Å². The molecule has 0 radical (unpaired) electrons. The maximum atomic E-state index is 5.57. The summed E-state index contributed by atoms with van der Waals surface area (Å²) in [6, 6.07) is 3.82. The van der Waals surface area contributed by atoms with E-state index in [2.05, 4.69) is 44.8 Å². The van der Waals surface area contributed by atoms with Crippen LogP contribution in [0.1, 0.15) is 35.9 Å². The third-order valence-corrected chi connectivity index (χ3v) is 4.97. The average molecular weight is 364 g/mol. The summed E-state index contributed by atoms with van der Waals surface area (Å²) >= 11 is 0. The predicted molar refractivity (Wildman–Crippen MR) is 102 cm³/mol. The molecule has 4 heterocycles. The fourth-order valence-corrected chi connectivity index (χ4v) is 3.60. The third kappa shape index (κ3) is 3.98. The van der Waals surface area contributed by atoms with Gasteiger partial charge in [0.05, 0.1) is 18.2 Å². The Morgan fingerprint density at radius 2 is 2.33 bits per heavy atom. The lowest BCUT2D eigenvalue weighted by atomic mass is 9.97. The fraction of sp³-hybridized carbons (Fsp3) is 0.400. The smallest absolute Gasteiger partial charge is 0.231 e. The molecule has 0 aromatic carbocycles. The highest BCUT2D eigenvalue weighted by atomic mass is 16.5. The summed E-state index contributed by atoms with van der Waals surface area (Å²) in [6.45, 7) is 9.47. The Kier molecular flexibility index (Phi) is 5.11. The van der Waals surface area contributed by atoms with Gasteiger partial charge < -0.3 is 4.52 Å². The number of hydrogen-bond acceptors (Lipinski definition) is 6. The second-order valence-electron chi connectivity index (χ2n) is 7.02. The highest BCUT2D eigenvalue weighted by Crippen LogP contribution is 2.28. The molecule has 1 atom stereocenters. The van der Waals surface area contributed by atoms with Crippen LogP contribution in [0.25, 0.3) is 11.4 Å². The molecule has 0 saturated carbocycles. The Labute approximate surface area is 158 Å². The number of rotatable bonds is 6. The van der Waals surface area contributed by atoms with Gasteiger partial charge >= 0.3 is 0 Å². The predicted octanol–water partition coefficient (Wildman–Crippen LogP) is 3.20. The highest BCUT2D eigenvalue weighted by molar-refractivity contribution is 5.51. The van der Waals surface area contributed by atoms with E-state index >= 15 is 0 Å². The van der Waals surface area contributed by atoms with Crippen molar-refractivity contribution in [2.45, 2.75) is 38.8 Å². The molecule has 0 aliphatic carbocycles. The molecule has 0 N–H and O–H groups in total. The molecule has 0 amide bonds. The molecule has 4 rings (SSSR count). The van der Waals surface area contributed by atoms with Gasteiger partial charge in [0, 0.05) is 42.8 Å². The zero-order valence-electron chi connectivity index (χ0n) is 15.6.